The van der Waals surface area contributed by atoms with Crippen molar-refractivity contribution in [2.75, 3.05) is 43.4 Å². The largest absolute Gasteiger partial charge is 0.354 e. The Morgan fingerprint density at radius 1 is 1.00 bits per heavy atom. The molecule has 31 heavy (non-hydrogen) atoms. The fraction of sp³-hybridized carbons (Fsp3) is 0.348. The molecule has 0 bridgehead atoms. The minimum absolute atomic E-state index is 0.954. The number of benzene rings is 1. The summed E-state index contributed by atoms with van der Waals surface area (Å²) in [5, 5.41) is 14.3. The van der Waals surface area contributed by atoms with Crippen molar-refractivity contribution in [1.82, 2.24) is 24.6 Å². The number of thioether (sulfide) groups is 1. The standard InChI is InChI=1S/C23H26N6S2/c1-27-22(20-8-4-16-30-20)25-26-23(27)31-17-5-11-28-12-14-29(15-13-28)21-19-7-3-2-6-18(19)9-10-24-21/h2-4,6-10,16H,5,11-15,17H2,1H3. The molecule has 0 amide bonds. The first-order chi connectivity index (χ1) is 15.3. The number of thiophene rings is 1. The fourth-order valence-electron chi connectivity index (χ4n) is 4.05. The van der Waals surface area contributed by atoms with E-state index in [1.807, 2.05) is 6.20 Å². The van der Waals surface area contributed by atoms with Crippen molar-refractivity contribution in [2.24, 2.45) is 7.05 Å². The SMILES string of the molecule is Cn1c(SCCCN2CCN(c3nccc4ccccc34)CC2)nnc1-c1cccs1. The number of nitrogens with zero attached hydrogens (tertiary/aromatic N) is 6. The molecule has 4 aromatic rings. The molecule has 5 rings (SSSR count). The Hall–Kier alpha value is -2.42. The highest BCUT2D eigenvalue weighted by Gasteiger charge is 2.19. The van der Waals surface area contributed by atoms with E-state index in [-0.39, 0.29) is 0 Å². The van der Waals surface area contributed by atoms with Gasteiger partial charge < -0.3 is 9.47 Å². The van der Waals surface area contributed by atoms with E-state index in [0.29, 0.717) is 0 Å². The van der Waals surface area contributed by atoms with Gasteiger partial charge in [-0.05, 0) is 35.9 Å². The summed E-state index contributed by atoms with van der Waals surface area (Å²) in [7, 11) is 2.05. The predicted octanol–water partition coefficient (Wildman–Crippen LogP) is 4.40. The summed E-state index contributed by atoms with van der Waals surface area (Å²) in [6.45, 7) is 5.35. The molecule has 1 fully saturated rings. The van der Waals surface area contributed by atoms with Gasteiger partial charge in [-0.15, -0.1) is 21.5 Å². The maximum Gasteiger partial charge on any atom is 0.191 e. The molecule has 0 N–H and O–H groups in total. The molecule has 0 unspecified atom stereocenters. The van der Waals surface area contributed by atoms with Crippen LogP contribution in [-0.4, -0.2) is 63.1 Å². The van der Waals surface area contributed by atoms with Gasteiger partial charge in [0.05, 0.1) is 4.88 Å². The van der Waals surface area contributed by atoms with E-state index in [0.717, 1.165) is 61.7 Å². The average molecular weight is 451 g/mol. The van der Waals surface area contributed by atoms with Gasteiger partial charge in [0, 0.05) is 50.6 Å². The van der Waals surface area contributed by atoms with E-state index in [2.05, 4.69) is 84.4 Å². The second-order valence-electron chi connectivity index (χ2n) is 7.73. The monoisotopic (exact) mass is 450 g/mol. The van der Waals surface area contributed by atoms with Gasteiger partial charge >= 0.3 is 0 Å². The van der Waals surface area contributed by atoms with Crippen LogP contribution in [0, 0.1) is 0 Å². The number of aromatic nitrogens is 4. The van der Waals surface area contributed by atoms with Crippen molar-refractivity contribution in [1.29, 1.82) is 0 Å². The zero-order valence-electron chi connectivity index (χ0n) is 17.6. The van der Waals surface area contributed by atoms with Crippen LogP contribution >= 0.6 is 23.1 Å². The van der Waals surface area contributed by atoms with E-state index >= 15 is 0 Å². The van der Waals surface area contributed by atoms with Gasteiger partial charge in [0.25, 0.3) is 0 Å². The third kappa shape index (κ3) is 4.46. The van der Waals surface area contributed by atoms with Crippen LogP contribution in [0.25, 0.3) is 21.5 Å². The zero-order valence-corrected chi connectivity index (χ0v) is 19.3. The van der Waals surface area contributed by atoms with Gasteiger partial charge in [0.1, 0.15) is 5.82 Å². The van der Waals surface area contributed by atoms with Gasteiger partial charge in [-0.2, -0.15) is 0 Å². The predicted molar refractivity (Wildman–Crippen MR) is 130 cm³/mol. The number of rotatable bonds is 7. The average Bonchev–Trinajstić information content (AvgIpc) is 3.47. The lowest BCUT2D eigenvalue weighted by Crippen LogP contribution is -2.47. The van der Waals surface area contributed by atoms with Crippen molar-refractivity contribution in [3.05, 3.63) is 54.0 Å². The Labute approximate surface area is 190 Å². The number of piperazine rings is 1. The molecule has 0 saturated carbocycles. The number of anilines is 1. The van der Waals surface area contributed by atoms with Crippen LogP contribution in [0.4, 0.5) is 5.82 Å². The summed E-state index contributed by atoms with van der Waals surface area (Å²) in [5.41, 5.74) is 0. The molecule has 160 valence electrons. The van der Waals surface area contributed by atoms with Gasteiger partial charge in [-0.1, -0.05) is 42.1 Å². The first-order valence-electron chi connectivity index (χ1n) is 10.7. The minimum Gasteiger partial charge on any atom is -0.354 e. The minimum atomic E-state index is 0.954. The molecule has 3 aromatic heterocycles. The molecule has 4 heterocycles. The molecule has 1 aliphatic heterocycles. The first kappa shape index (κ1) is 20.5. The normalized spacial score (nSPS) is 15.1. The van der Waals surface area contributed by atoms with Crippen molar-refractivity contribution in [3.8, 4) is 10.7 Å². The smallest absolute Gasteiger partial charge is 0.191 e. The van der Waals surface area contributed by atoms with Crippen molar-refractivity contribution in [2.45, 2.75) is 11.6 Å². The van der Waals surface area contributed by atoms with Gasteiger partial charge in [-0.3, -0.25) is 4.90 Å². The van der Waals surface area contributed by atoms with Crippen LogP contribution in [0.5, 0.6) is 0 Å². The molecule has 6 nitrogen and oxygen atoms in total. The number of fused-ring (bicyclic) bond motifs is 1. The van der Waals surface area contributed by atoms with E-state index < -0.39 is 0 Å². The highest BCUT2D eigenvalue weighted by Crippen LogP contribution is 2.27. The number of hydrogen-bond acceptors (Lipinski definition) is 7. The lowest BCUT2D eigenvalue weighted by atomic mass is 10.1. The molecule has 8 heteroatoms. The van der Waals surface area contributed by atoms with E-state index in [1.165, 1.54) is 15.6 Å². The highest BCUT2D eigenvalue weighted by atomic mass is 32.2. The molecule has 0 atom stereocenters. The third-order valence-corrected chi connectivity index (χ3v) is 7.72. The zero-order chi connectivity index (χ0) is 21.0. The molecule has 1 aliphatic rings. The van der Waals surface area contributed by atoms with E-state index in [4.69, 9.17) is 0 Å². The van der Waals surface area contributed by atoms with Crippen LogP contribution in [-0.2, 0) is 7.05 Å². The number of pyridine rings is 1. The second-order valence-corrected chi connectivity index (χ2v) is 9.74. The Bertz CT molecular complexity index is 1130. The molecule has 0 spiro atoms. The van der Waals surface area contributed by atoms with Crippen LogP contribution in [0.1, 0.15) is 6.42 Å². The Balaban J connectivity index is 1.10. The summed E-state index contributed by atoms with van der Waals surface area (Å²) < 4.78 is 2.10. The second kappa shape index (κ2) is 9.38. The van der Waals surface area contributed by atoms with Gasteiger partial charge in [-0.25, -0.2) is 4.98 Å². The molecule has 1 aromatic carbocycles. The lowest BCUT2D eigenvalue weighted by molar-refractivity contribution is 0.259. The lowest BCUT2D eigenvalue weighted by Gasteiger charge is -2.35. The Morgan fingerprint density at radius 3 is 2.71 bits per heavy atom. The van der Waals surface area contributed by atoms with Crippen LogP contribution < -0.4 is 4.90 Å². The maximum absolute atomic E-state index is 4.68. The maximum atomic E-state index is 4.68. The topological polar surface area (TPSA) is 50.1 Å². The van der Waals surface area contributed by atoms with Crippen molar-refractivity contribution >= 4 is 39.7 Å². The highest BCUT2D eigenvalue weighted by molar-refractivity contribution is 7.99. The van der Waals surface area contributed by atoms with Gasteiger partial charge in [0.15, 0.2) is 11.0 Å². The number of hydrogen-bond donors (Lipinski definition) is 0. The van der Waals surface area contributed by atoms with E-state index in [1.54, 1.807) is 23.1 Å². The van der Waals surface area contributed by atoms with E-state index in [9.17, 15) is 0 Å². The fourth-order valence-corrected chi connectivity index (χ4v) is 5.63. The summed E-state index contributed by atoms with van der Waals surface area (Å²) in [6, 6.07) is 14.8. The molecular formula is C23H26N6S2. The van der Waals surface area contributed by atoms with Crippen molar-refractivity contribution < 1.29 is 0 Å². The van der Waals surface area contributed by atoms with Crippen LogP contribution in [0.3, 0.4) is 0 Å². The Kier molecular flexibility index (Phi) is 6.20. The third-order valence-electron chi connectivity index (χ3n) is 5.75. The first-order valence-corrected chi connectivity index (χ1v) is 12.5. The molecular weight excluding hydrogens is 424 g/mol. The Morgan fingerprint density at radius 2 is 1.87 bits per heavy atom. The van der Waals surface area contributed by atoms with Crippen LogP contribution in [0.2, 0.25) is 0 Å². The summed E-state index contributed by atoms with van der Waals surface area (Å²) in [5.74, 6) is 3.13. The van der Waals surface area contributed by atoms with Crippen molar-refractivity contribution in [3.63, 3.8) is 0 Å². The quantitative estimate of drug-likeness (QED) is 0.307. The molecule has 0 radical (unpaired) electrons. The summed E-state index contributed by atoms with van der Waals surface area (Å²) >= 11 is 3.50. The summed E-state index contributed by atoms with van der Waals surface area (Å²) in [6.07, 6.45) is 3.08. The van der Waals surface area contributed by atoms with Gasteiger partial charge in [0.2, 0.25) is 0 Å². The molecule has 1 saturated heterocycles. The molecule has 0 aliphatic carbocycles. The van der Waals surface area contributed by atoms with Crippen LogP contribution in [0.15, 0.2) is 59.2 Å². The summed E-state index contributed by atoms with van der Waals surface area (Å²) in [4.78, 5) is 10.8.